The monoisotopic (exact) mass is 319 g/mol. The number of halogens is 1. The summed E-state index contributed by atoms with van der Waals surface area (Å²) in [6, 6.07) is 0.199. The van der Waals surface area contributed by atoms with Crippen molar-refractivity contribution in [2.24, 2.45) is 11.3 Å². The lowest BCUT2D eigenvalue weighted by Gasteiger charge is -2.23. The summed E-state index contributed by atoms with van der Waals surface area (Å²) >= 11 is 0. The highest BCUT2D eigenvalue weighted by molar-refractivity contribution is 8.13. The van der Waals surface area contributed by atoms with E-state index in [-0.39, 0.29) is 16.6 Å². The van der Waals surface area contributed by atoms with E-state index in [2.05, 4.69) is 37.9 Å². The maximum Gasteiger partial charge on any atom is 0.296 e. The Morgan fingerprint density at radius 3 is 2.40 bits per heavy atom. The van der Waals surface area contributed by atoms with Gasteiger partial charge in [-0.3, -0.25) is 4.57 Å². The first-order chi connectivity index (χ1) is 9.08. The van der Waals surface area contributed by atoms with Gasteiger partial charge in [0.2, 0.25) is 0 Å². The summed E-state index contributed by atoms with van der Waals surface area (Å²) in [6.07, 6.45) is 3.72. The summed E-state index contributed by atoms with van der Waals surface area (Å²) in [7, 11) is 1.61. The third-order valence-electron chi connectivity index (χ3n) is 3.36. The van der Waals surface area contributed by atoms with Gasteiger partial charge in [-0.05, 0) is 30.6 Å². The maximum absolute atomic E-state index is 11.6. The van der Waals surface area contributed by atoms with Gasteiger partial charge in [0.05, 0.1) is 0 Å². The number of rotatable bonds is 5. The molecule has 1 saturated carbocycles. The summed E-state index contributed by atoms with van der Waals surface area (Å²) in [5, 5.41) is 7.76. The van der Waals surface area contributed by atoms with E-state index in [9.17, 15) is 8.42 Å². The Bertz CT molecular complexity index is 585. The third kappa shape index (κ3) is 3.95. The first-order valence-electron chi connectivity index (χ1n) is 6.96. The van der Waals surface area contributed by atoms with Gasteiger partial charge in [0.1, 0.15) is 5.82 Å². The van der Waals surface area contributed by atoms with Gasteiger partial charge >= 0.3 is 0 Å². The summed E-state index contributed by atoms with van der Waals surface area (Å²) in [4.78, 5) is 0. The molecule has 0 bridgehead atoms. The molecule has 0 spiro atoms. The highest BCUT2D eigenvalue weighted by Crippen LogP contribution is 2.39. The minimum Gasteiger partial charge on any atom is -0.298 e. The van der Waals surface area contributed by atoms with Gasteiger partial charge in [0.25, 0.3) is 14.2 Å². The third-order valence-corrected chi connectivity index (χ3v) is 4.49. The molecule has 20 heavy (non-hydrogen) atoms. The van der Waals surface area contributed by atoms with Crippen molar-refractivity contribution in [1.29, 1.82) is 0 Å². The molecule has 114 valence electrons. The molecule has 5 nitrogen and oxygen atoms in total. The molecule has 0 aromatic carbocycles. The molecule has 0 amide bonds. The van der Waals surface area contributed by atoms with Crippen LogP contribution >= 0.6 is 10.7 Å². The van der Waals surface area contributed by atoms with Crippen LogP contribution in [0.25, 0.3) is 0 Å². The van der Waals surface area contributed by atoms with Gasteiger partial charge in [-0.2, -0.15) is 0 Å². The minimum atomic E-state index is -3.83. The molecule has 1 fully saturated rings. The van der Waals surface area contributed by atoms with E-state index in [1.807, 2.05) is 0 Å². The van der Waals surface area contributed by atoms with Gasteiger partial charge in [-0.1, -0.05) is 27.7 Å². The van der Waals surface area contributed by atoms with E-state index in [0.717, 1.165) is 31.5 Å². The molecule has 2 rings (SSSR count). The fourth-order valence-electron chi connectivity index (χ4n) is 2.74. The molecule has 0 saturated heterocycles. The van der Waals surface area contributed by atoms with E-state index < -0.39 is 9.05 Å². The lowest BCUT2D eigenvalue weighted by atomic mass is 9.84. The van der Waals surface area contributed by atoms with Crippen LogP contribution in [-0.4, -0.2) is 23.2 Å². The molecule has 7 heteroatoms. The average molecular weight is 320 g/mol. The molecule has 1 aliphatic rings. The second-order valence-corrected chi connectivity index (χ2v) is 9.47. The van der Waals surface area contributed by atoms with Gasteiger partial charge < -0.3 is 0 Å². The van der Waals surface area contributed by atoms with Gasteiger partial charge in [0, 0.05) is 23.1 Å². The molecule has 0 aliphatic heterocycles. The highest BCUT2D eigenvalue weighted by atomic mass is 35.7. The van der Waals surface area contributed by atoms with Gasteiger partial charge in [-0.25, -0.2) is 8.42 Å². The van der Waals surface area contributed by atoms with Crippen molar-refractivity contribution in [2.75, 3.05) is 0 Å². The quantitative estimate of drug-likeness (QED) is 0.782. The number of hydrogen-bond acceptors (Lipinski definition) is 4. The molecule has 0 N–H and O–H groups in total. The van der Waals surface area contributed by atoms with Crippen LogP contribution < -0.4 is 0 Å². The first kappa shape index (κ1) is 15.8. The Kier molecular flexibility index (Phi) is 4.17. The van der Waals surface area contributed by atoms with Crippen molar-refractivity contribution < 1.29 is 8.42 Å². The van der Waals surface area contributed by atoms with Gasteiger partial charge in [-0.15, -0.1) is 10.2 Å². The standard InChI is InChI=1S/C13H22ClN3O2S/c1-9(8-13(2,3)4)7-11-15-16-12(20(14,18)19)17(11)10-5-6-10/h9-10H,5-8H2,1-4H3. The Labute approximate surface area is 125 Å². The van der Waals surface area contributed by atoms with Crippen LogP contribution in [0.5, 0.6) is 0 Å². The fraction of sp³-hybridized carbons (Fsp3) is 0.846. The molecular formula is C13H22ClN3O2S. The van der Waals surface area contributed by atoms with Crippen molar-refractivity contribution in [2.45, 2.75) is 64.6 Å². The Hall–Kier alpha value is -0.620. The van der Waals surface area contributed by atoms with Crippen LogP contribution in [0, 0.1) is 11.3 Å². The molecule has 1 unspecified atom stereocenters. The van der Waals surface area contributed by atoms with E-state index in [4.69, 9.17) is 10.7 Å². The lowest BCUT2D eigenvalue weighted by molar-refractivity contribution is 0.301. The van der Waals surface area contributed by atoms with Crippen molar-refractivity contribution in [3.05, 3.63) is 5.82 Å². The summed E-state index contributed by atoms with van der Waals surface area (Å²) in [5.74, 6) is 1.16. The van der Waals surface area contributed by atoms with Crippen molar-refractivity contribution in [1.82, 2.24) is 14.8 Å². The van der Waals surface area contributed by atoms with E-state index in [1.54, 1.807) is 4.57 Å². The number of nitrogens with zero attached hydrogens (tertiary/aromatic N) is 3. The first-order valence-corrected chi connectivity index (χ1v) is 9.27. The predicted molar refractivity (Wildman–Crippen MR) is 78.3 cm³/mol. The SMILES string of the molecule is CC(Cc1nnc(S(=O)(=O)Cl)n1C1CC1)CC(C)(C)C. The van der Waals surface area contributed by atoms with Gasteiger partial charge in [0.15, 0.2) is 0 Å². The van der Waals surface area contributed by atoms with Crippen LogP contribution in [0.1, 0.15) is 58.8 Å². The van der Waals surface area contributed by atoms with Crippen LogP contribution in [0.2, 0.25) is 0 Å². The highest BCUT2D eigenvalue weighted by Gasteiger charge is 2.34. The fourth-order valence-corrected chi connectivity index (χ4v) is 3.68. The summed E-state index contributed by atoms with van der Waals surface area (Å²) in [5.41, 5.74) is 0.241. The molecule has 1 heterocycles. The topological polar surface area (TPSA) is 64.8 Å². The average Bonchev–Trinajstić information content (AvgIpc) is 2.96. The van der Waals surface area contributed by atoms with Crippen LogP contribution in [0.15, 0.2) is 5.16 Å². The molecule has 0 radical (unpaired) electrons. The molecule has 1 aromatic rings. The Balaban J connectivity index is 2.23. The van der Waals surface area contributed by atoms with Crippen molar-refractivity contribution >= 4 is 19.7 Å². The minimum absolute atomic E-state index is 0.0976. The van der Waals surface area contributed by atoms with Crippen LogP contribution in [0.4, 0.5) is 0 Å². The van der Waals surface area contributed by atoms with E-state index in [0.29, 0.717) is 5.92 Å². The zero-order chi connectivity index (χ0) is 15.1. The maximum atomic E-state index is 11.6. The second kappa shape index (κ2) is 5.30. The Morgan fingerprint density at radius 2 is 1.95 bits per heavy atom. The van der Waals surface area contributed by atoms with Crippen molar-refractivity contribution in [3.8, 4) is 0 Å². The second-order valence-electron chi connectivity index (χ2n) is 7.01. The number of aromatic nitrogens is 3. The molecule has 1 aromatic heterocycles. The molecular weight excluding hydrogens is 298 g/mol. The number of hydrogen-bond donors (Lipinski definition) is 0. The molecule has 1 atom stereocenters. The zero-order valence-electron chi connectivity index (χ0n) is 12.4. The normalized spacial score (nSPS) is 18.2. The van der Waals surface area contributed by atoms with E-state index in [1.165, 1.54) is 0 Å². The van der Waals surface area contributed by atoms with Crippen molar-refractivity contribution in [3.63, 3.8) is 0 Å². The lowest BCUT2D eigenvalue weighted by Crippen LogP contribution is -2.16. The summed E-state index contributed by atoms with van der Waals surface area (Å²) < 4.78 is 24.8. The largest absolute Gasteiger partial charge is 0.298 e. The smallest absolute Gasteiger partial charge is 0.296 e. The predicted octanol–water partition coefficient (Wildman–Crippen LogP) is 3.16. The Morgan fingerprint density at radius 1 is 1.35 bits per heavy atom. The van der Waals surface area contributed by atoms with Crippen LogP contribution in [-0.2, 0) is 15.5 Å². The summed E-state index contributed by atoms with van der Waals surface area (Å²) in [6.45, 7) is 8.75. The zero-order valence-corrected chi connectivity index (χ0v) is 14.0. The van der Waals surface area contributed by atoms with E-state index >= 15 is 0 Å². The van der Waals surface area contributed by atoms with Crippen LogP contribution in [0.3, 0.4) is 0 Å². The molecule has 1 aliphatic carbocycles.